The van der Waals surface area contributed by atoms with Crippen molar-refractivity contribution < 1.29 is 14.3 Å². The van der Waals surface area contributed by atoms with Crippen LogP contribution in [0.15, 0.2) is 41.3 Å². The molecule has 0 bridgehead atoms. The van der Waals surface area contributed by atoms with Crippen LogP contribution < -0.4 is 15.8 Å². The third-order valence-electron chi connectivity index (χ3n) is 3.08. The van der Waals surface area contributed by atoms with Crippen molar-refractivity contribution in [2.24, 2.45) is 0 Å². The summed E-state index contributed by atoms with van der Waals surface area (Å²) in [6.45, 7) is 3.05. The zero-order valence-corrected chi connectivity index (χ0v) is 13.1. The second-order valence-corrected chi connectivity index (χ2v) is 5.20. The Bertz CT molecular complexity index is 744. The van der Waals surface area contributed by atoms with Crippen LogP contribution in [0.3, 0.4) is 0 Å². The van der Waals surface area contributed by atoms with Gasteiger partial charge in [0.15, 0.2) is 5.75 Å². The fourth-order valence-corrected chi connectivity index (χ4v) is 2.12. The third-order valence-corrected chi connectivity index (χ3v) is 3.56. The number of hydrogen-bond donors (Lipinski definition) is 3. The van der Waals surface area contributed by atoms with Crippen LogP contribution in [0.2, 0.25) is 0 Å². The smallest absolute Gasteiger partial charge is 0.308 e. The number of carbonyl (C=O) groups is 2. The van der Waals surface area contributed by atoms with Gasteiger partial charge in [0.05, 0.1) is 11.3 Å². The molecule has 0 saturated carbocycles. The topological polar surface area (TPSA) is 81.4 Å². The number of amides is 1. The first-order chi connectivity index (χ1) is 10.4. The minimum atomic E-state index is -0.475. The molecule has 6 heteroatoms. The Hall–Kier alpha value is -2.47. The van der Waals surface area contributed by atoms with Crippen LogP contribution in [0.5, 0.6) is 5.75 Å². The summed E-state index contributed by atoms with van der Waals surface area (Å²) in [7, 11) is 0. The molecule has 0 aliphatic rings. The molecule has 0 unspecified atom stereocenters. The summed E-state index contributed by atoms with van der Waals surface area (Å²) < 4.78 is 5.19. The summed E-state index contributed by atoms with van der Waals surface area (Å²) in [5.41, 5.74) is 7.56. The number of anilines is 2. The van der Waals surface area contributed by atoms with Gasteiger partial charge in [-0.15, -0.1) is 12.6 Å². The molecule has 2 aromatic carbocycles. The van der Waals surface area contributed by atoms with E-state index in [1.165, 1.54) is 6.92 Å². The fourth-order valence-electron chi connectivity index (χ4n) is 1.95. The van der Waals surface area contributed by atoms with Crippen molar-refractivity contribution >= 4 is 35.9 Å². The van der Waals surface area contributed by atoms with Gasteiger partial charge in [0.25, 0.3) is 5.91 Å². The Labute approximate surface area is 133 Å². The van der Waals surface area contributed by atoms with Crippen molar-refractivity contribution in [1.29, 1.82) is 0 Å². The van der Waals surface area contributed by atoms with Crippen molar-refractivity contribution in [1.82, 2.24) is 0 Å². The lowest BCUT2D eigenvalue weighted by Gasteiger charge is -2.15. The molecule has 114 valence electrons. The van der Waals surface area contributed by atoms with Gasteiger partial charge < -0.3 is 15.8 Å². The minimum absolute atomic E-state index is 0.280. The molecule has 3 N–H and O–H groups in total. The number of hydrogen-bond acceptors (Lipinski definition) is 5. The zero-order valence-electron chi connectivity index (χ0n) is 12.2. The standard InChI is InChI=1S/C16H16N2O3S/c1-9-14(22)8-7-13(15(9)21-10(2)19)18-16(20)11-5-3-4-6-12(11)17/h3-8,22H,17H2,1-2H3,(H,18,20). The van der Waals surface area contributed by atoms with Gasteiger partial charge in [-0.3, -0.25) is 9.59 Å². The predicted molar refractivity (Wildman–Crippen MR) is 88.5 cm³/mol. The number of ether oxygens (including phenoxy) is 1. The van der Waals surface area contributed by atoms with Gasteiger partial charge >= 0.3 is 5.97 Å². The lowest BCUT2D eigenvalue weighted by atomic mass is 10.1. The van der Waals surface area contributed by atoms with E-state index in [1.807, 2.05) is 0 Å². The first-order valence-electron chi connectivity index (χ1n) is 6.57. The monoisotopic (exact) mass is 316 g/mol. The minimum Gasteiger partial charge on any atom is -0.424 e. The van der Waals surface area contributed by atoms with Crippen molar-refractivity contribution in [2.45, 2.75) is 18.7 Å². The summed E-state index contributed by atoms with van der Waals surface area (Å²) in [5.74, 6) is -0.572. The number of nitrogens with one attached hydrogen (secondary N) is 1. The van der Waals surface area contributed by atoms with Gasteiger partial charge in [0.2, 0.25) is 0 Å². The molecule has 0 heterocycles. The molecule has 0 aliphatic heterocycles. The van der Waals surface area contributed by atoms with E-state index in [-0.39, 0.29) is 11.7 Å². The molecular formula is C16H16N2O3S. The van der Waals surface area contributed by atoms with Crippen LogP contribution in [-0.4, -0.2) is 11.9 Å². The van der Waals surface area contributed by atoms with E-state index >= 15 is 0 Å². The Morgan fingerprint density at radius 2 is 1.86 bits per heavy atom. The van der Waals surface area contributed by atoms with Gasteiger partial charge in [-0.05, 0) is 31.2 Å². The maximum atomic E-state index is 12.3. The predicted octanol–water partition coefficient (Wildman–Crippen LogP) is 3.04. The number of thiol groups is 1. The fraction of sp³-hybridized carbons (Fsp3) is 0.125. The highest BCUT2D eigenvalue weighted by Gasteiger charge is 2.16. The number of nitrogens with two attached hydrogens (primary N) is 1. The van der Waals surface area contributed by atoms with Gasteiger partial charge in [0, 0.05) is 23.1 Å². The molecule has 2 rings (SSSR count). The number of nitrogen functional groups attached to an aromatic ring is 1. The van der Waals surface area contributed by atoms with Crippen molar-refractivity contribution in [2.75, 3.05) is 11.1 Å². The molecule has 0 spiro atoms. The van der Waals surface area contributed by atoms with Crippen molar-refractivity contribution in [3.8, 4) is 5.75 Å². The molecule has 22 heavy (non-hydrogen) atoms. The highest BCUT2D eigenvalue weighted by atomic mass is 32.1. The number of para-hydroxylation sites is 1. The van der Waals surface area contributed by atoms with E-state index in [0.29, 0.717) is 27.4 Å². The molecule has 0 saturated heterocycles. The Morgan fingerprint density at radius 3 is 2.50 bits per heavy atom. The lowest BCUT2D eigenvalue weighted by molar-refractivity contribution is -0.131. The number of rotatable bonds is 3. The van der Waals surface area contributed by atoms with E-state index in [0.717, 1.165) is 0 Å². The van der Waals surface area contributed by atoms with Crippen LogP contribution in [0.1, 0.15) is 22.8 Å². The van der Waals surface area contributed by atoms with E-state index in [2.05, 4.69) is 17.9 Å². The molecule has 0 radical (unpaired) electrons. The first kappa shape index (κ1) is 15.9. The van der Waals surface area contributed by atoms with E-state index in [1.54, 1.807) is 43.3 Å². The maximum absolute atomic E-state index is 12.3. The molecule has 0 aliphatic carbocycles. The summed E-state index contributed by atoms with van der Waals surface area (Å²) in [6, 6.07) is 10.1. The number of benzene rings is 2. The summed E-state index contributed by atoms with van der Waals surface area (Å²) in [6.07, 6.45) is 0. The molecule has 5 nitrogen and oxygen atoms in total. The normalized spacial score (nSPS) is 10.1. The summed E-state index contributed by atoms with van der Waals surface area (Å²) in [4.78, 5) is 24.2. The van der Waals surface area contributed by atoms with E-state index < -0.39 is 5.97 Å². The highest BCUT2D eigenvalue weighted by Crippen LogP contribution is 2.33. The lowest BCUT2D eigenvalue weighted by Crippen LogP contribution is -2.16. The Balaban J connectivity index is 2.37. The molecule has 1 amide bonds. The zero-order chi connectivity index (χ0) is 16.3. The Kier molecular flexibility index (Phi) is 4.72. The molecule has 0 aromatic heterocycles. The van der Waals surface area contributed by atoms with Gasteiger partial charge in [0.1, 0.15) is 0 Å². The molecular weight excluding hydrogens is 300 g/mol. The van der Waals surface area contributed by atoms with Gasteiger partial charge in [-0.2, -0.15) is 0 Å². The second-order valence-electron chi connectivity index (χ2n) is 4.72. The van der Waals surface area contributed by atoms with E-state index in [9.17, 15) is 9.59 Å². The van der Waals surface area contributed by atoms with Crippen LogP contribution in [-0.2, 0) is 4.79 Å². The summed E-state index contributed by atoms with van der Waals surface area (Å²) in [5, 5.41) is 2.71. The molecule has 0 fully saturated rings. The second kappa shape index (κ2) is 6.53. The van der Waals surface area contributed by atoms with Crippen LogP contribution in [0, 0.1) is 6.92 Å². The average Bonchev–Trinajstić information content (AvgIpc) is 2.46. The molecule has 2 aromatic rings. The van der Waals surface area contributed by atoms with Gasteiger partial charge in [-0.1, -0.05) is 12.1 Å². The summed E-state index contributed by atoms with van der Waals surface area (Å²) >= 11 is 4.29. The average molecular weight is 316 g/mol. The SMILES string of the molecule is CC(=O)Oc1c(NC(=O)c2ccccc2N)ccc(S)c1C. The van der Waals surface area contributed by atoms with Crippen LogP contribution in [0.25, 0.3) is 0 Å². The first-order valence-corrected chi connectivity index (χ1v) is 7.01. The highest BCUT2D eigenvalue weighted by molar-refractivity contribution is 7.80. The van der Waals surface area contributed by atoms with E-state index in [4.69, 9.17) is 10.5 Å². The third kappa shape index (κ3) is 3.40. The van der Waals surface area contributed by atoms with Crippen molar-refractivity contribution in [3.05, 3.63) is 47.5 Å². The largest absolute Gasteiger partial charge is 0.424 e. The van der Waals surface area contributed by atoms with Gasteiger partial charge in [-0.25, -0.2) is 0 Å². The maximum Gasteiger partial charge on any atom is 0.308 e. The quantitative estimate of drug-likeness (QED) is 0.352. The molecule has 0 atom stereocenters. The van der Waals surface area contributed by atoms with Crippen LogP contribution >= 0.6 is 12.6 Å². The Morgan fingerprint density at radius 1 is 1.18 bits per heavy atom. The van der Waals surface area contributed by atoms with Crippen LogP contribution in [0.4, 0.5) is 11.4 Å². The van der Waals surface area contributed by atoms with Crippen molar-refractivity contribution in [3.63, 3.8) is 0 Å². The number of esters is 1. The number of carbonyl (C=O) groups excluding carboxylic acids is 2.